The highest BCUT2D eigenvalue weighted by molar-refractivity contribution is 6.32. The maximum Gasteiger partial charge on any atom is 0.291 e. The minimum Gasteiger partial charge on any atom is -0.396 e. The number of rotatable bonds is 6. The molecule has 1 fully saturated rings. The molecule has 6 nitrogen and oxygen atoms in total. The first-order valence-corrected chi connectivity index (χ1v) is 8.08. The smallest absolute Gasteiger partial charge is 0.291 e. The van der Waals surface area contributed by atoms with Gasteiger partial charge in [-0.3, -0.25) is 4.79 Å². The predicted octanol–water partition coefficient (Wildman–Crippen LogP) is 2.12. The lowest BCUT2D eigenvalue weighted by molar-refractivity contribution is 0.0913. The van der Waals surface area contributed by atoms with Crippen LogP contribution in [0.2, 0.25) is 5.02 Å². The van der Waals surface area contributed by atoms with E-state index in [2.05, 4.69) is 15.4 Å². The number of aliphatic hydroxyl groups excluding tert-OH is 1. The molecule has 1 amide bonds. The fourth-order valence-corrected chi connectivity index (χ4v) is 2.85. The highest BCUT2D eigenvalue weighted by Gasteiger charge is 2.32. The minimum absolute atomic E-state index is 0.0138. The summed E-state index contributed by atoms with van der Waals surface area (Å²) in [5.74, 6) is 0.849. The number of amides is 1. The van der Waals surface area contributed by atoms with E-state index in [-0.39, 0.29) is 24.4 Å². The van der Waals surface area contributed by atoms with Gasteiger partial charge in [-0.1, -0.05) is 23.7 Å². The Labute approximate surface area is 139 Å². The van der Waals surface area contributed by atoms with Crippen molar-refractivity contribution in [2.24, 2.45) is 5.92 Å². The molecule has 1 aromatic heterocycles. The first-order chi connectivity index (χ1) is 11.1. The number of hydrogen-bond donors (Lipinski definition) is 2. The zero-order chi connectivity index (χ0) is 16.4. The van der Waals surface area contributed by atoms with E-state index in [1.807, 2.05) is 18.2 Å². The Morgan fingerprint density at radius 2 is 2.22 bits per heavy atom. The zero-order valence-electron chi connectivity index (χ0n) is 12.9. The van der Waals surface area contributed by atoms with Gasteiger partial charge in [0.1, 0.15) is 5.82 Å². The lowest BCUT2D eigenvalue weighted by Gasteiger charge is -2.15. The van der Waals surface area contributed by atoms with Crippen LogP contribution < -0.4 is 5.32 Å². The first kappa shape index (κ1) is 16.0. The molecule has 0 aliphatic heterocycles. The SMILES string of the molecule is Cc1nc(C(=O)NC(CCO)C2CC2)nn1-c1ccccc1Cl. The van der Waals surface area contributed by atoms with Crippen molar-refractivity contribution in [1.82, 2.24) is 20.1 Å². The molecular formula is C16H19ClN4O2. The summed E-state index contributed by atoms with van der Waals surface area (Å²) in [6.45, 7) is 1.83. The van der Waals surface area contributed by atoms with Crippen LogP contribution in [-0.2, 0) is 0 Å². The lowest BCUT2D eigenvalue weighted by atomic mass is 10.1. The molecule has 2 aromatic rings. The summed E-state index contributed by atoms with van der Waals surface area (Å²) >= 11 is 6.18. The summed E-state index contributed by atoms with van der Waals surface area (Å²) in [7, 11) is 0. The highest BCUT2D eigenvalue weighted by atomic mass is 35.5. The fraction of sp³-hybridized carbons (Fsp3) is 0.438. The second-order valence-corrected chi connectivity index (χ2v) is 6.18. The molecule has 1 aliphatic rings. The first-order valence-electron chi connectivity index (χ1n) is 7.70. The van der Waals surface area contributed by atoms with E-state index in [0.29, 0.717) is 28.9 Å². The molecular weight excluding hydrogens is 316 g/mol. The molecule has 1 unspecified atom stereocenters. The summed E-state index contributed by atoms with van der Waals surface area (Å²) in [4.78, 5) is 16.6. The third kappa shape index (κ3) is 3.54. The van der Waals surface area contributed by atoms with E-state index >= 15 is 0 Å². The topological polar surface area (TPSA) is 80.0 Å². The van der Waals surface area contributed by atoms with Crippen molar-refractivity contribution in [3.63, 3.8) is 0 Å². The van der Waals surface area contributed by atoms with Gasteiger partial charge in [-0.15, -0.1) is 5.10 Å². The number of halogens is 1. The molecule has 1 atom stereocenters. The molecule has 1 heterocycles. The molecule has 1 aromatic carbocycles. The van der Waals surface area contributed by atoms with Crippen LogP contribution in [-0.4, -0.2) is 38.4 Å². The van der Waals surface area contributed by atoms with Crippen molar-refractivity contribution in [2.75, 3.05) is 6.61 Å². The maximum absolute atomic E-state index is 12.4. The summed E-state index contributed by atoms with van der Waals surface area (Å²) in [5, 5.41) is 16.9. The van der Waals surface area contributed by atoms with E-state index in [4.69, 9.17) is 16.7 Å². The third-order valence-electron chi connectivity index (χ3n) is 4.00. The number of aliphatic hydroxyl groups is 1. The van der Waals surface area contributed by atoms with Crippen molar-refractivity contribution in [3.05, 3.63) is 40.9 Å². The molecule has 0 saturated heterocycles. The van der Waals surface area contributed by atoms with E-state index in [1.54, 1.807) is 17.7 Å². The van der Waals surface area contributed by atoms with Gasteiger partial charge in [0.2, 0.25) is 5.82 Å². The molecule has 0 spiro atoms. The lowest BCUT2D eigenvalue weighted by Crippen LogP contribution is -2.37. The number of carbonyl (C=O) groups excluding carboxylic acids is 1. The molecule has 122 valence electrons. The number of carbonyl (C=O) groups is 1. The van der Waals surface area contributed by atoms with E-state index in [9.17, 15) is 4.79 Å². The summed E-state index contributed by atoms with van der Waals surface area (Å²) in [5.41, 5.74) is 0.687. The second-order valence-electron chi connectivity index (χ2n) is 5.78. The van der Waals surface area contributed by atoms with Gasteiger partial charge in [-0.2, -0.15) is 0 Å². The van der Waals surface area contributed by atoms with Gasteiger partial charge in [0.25, 0.3) is 5.91 Å². The van der Waals surface area contributed by atoms with Gasteiger partial charge in [-0.05, 0) is 44.2 Å². The van der Waals surface area contributed by atoms with E-state index in [0.717, 1.165) is 12.8 Å². The van der Waals surface area contributed by atoms with Crippen LogP contribution in [0, 0.1) is 12.8 Å². The normalized spacial score (nSPS) is 15.4. The molecule has 1 aliphatic carbocycles. The van der Waals surface area contributed by atoms with Crippen LogP contribution >= 0.6 is 11.6 Å². The summed E-state index contributed by atoms with van der Waals surface area (Å²) in [6, 6.07) is 7.26. The predicted molar refractivity (Wildman–Crippen MR) is 86.8 cm³/mol. The van der Waals surface area contributed by atoms with Crippen molar-refractivity contribution in [2.45, 2.75) is 32.2 Å². The quantitative estimate of drug-likeness (QED) is 0.848. The van der Waals surface area contributed by atoms with Crippen molar-refractivity contribution < 1.29 is 9.90 Å². The Morgan fingerprint density at radius 1 is 1.48 bits per heavy atom. The number of aromatic nitrogens is 3. The highest BCUT2D eigenvalue weighted by Crippen LogP contribution is 2.34. The van der Waals surface area contributed by atoms with Crippen molar-refractivity contribution >= 4 is 17.5 Å². The zero-order valence-corrected chi connectivity index (χ0v) is 13.6. The number of nitrogens with zero attached hydrogens (tertiary/aromatic N) is 3. The van der Waals surface area contributed by atoms with Crippen molar-refractivity contribution in [1.29, 1.82) is 0 Å². The Bertz CT molecular complexity index is 712. The summed E-state index contributed by atoms with van der Waals surface area (Å²) < 4.78 is 1.56. The van der Waals surface area contributed by atoms with Gasteiger partial charge in [-0.25, -0.2) is 9.67 Å². The fourth-order valence-electron chi connectivity index (χ4n) is 2.63. The summed E-state index contributed by atoms with van der Waals surface area (Å²) in [6.07, 6.45) is 2.73. The van der Waals surface area contributed by atoms with Gasteiger partial charge in [0, 0.05) is 12.6 Å². The second kappa shape index (κ2) is 6.68. The number of hydrogen-bond acceptors (Lipinski definition) is 4. The Morgan fingerprint density at radius 3 is 2.87 bits per heavy atom. The number of para-hydroxylation sites is 1. The Hall–Kier alpha value is -1.92. The van der Waals surface area contributed by atoms with Gasteiger partial charge in [0.05, 0.1) is 10.7 Å². The van der Waals surface area contributed by atoms with Gasteiger partial charge < -0.3 is 10.4 Å². The van der Waals surface area contributed by atoms with E-state index < -0.39 is 0 Å². The third-order valence-corrected chi connectivity index (χ3v) is 4.32. The van der Waals surface area contributed by atoms with Crippen LogP contribution in [0.3, 0.4) is 0 Å². The molecule has 0 radical (unpaired) electrons. The number of nitrogens with one attached hydrogen (secondary N) is 1. The largest absolute Gasteiger partial charge is 0.396 e. The number of benzene rings is 1. The van der Waals surface area contributed by atoms with Crippen LogP contribution in [0.5, 0.6) is 0 Å². The van der Waals surface area contributed by atoms with Crippen LogP contribution in [0.4, 0.5) is 0 Å². The molecule has 2 N–H and O–H groups in total. The Kier molecular flexibility index (Phi) is 4.63. The van der Waals surface area contributed by atoms with Gasteiger partial charge >= 0.3 is 0 Å². The molecule has 1 saturated carbocycles. The molecule has 23 heavy (non-hydrogen) atoms. The van der Waals surface area contributed by atoms with Gasteiger partial charge in [0.15, 0.2) is 0 Å². The molecule has 7 heteroatoms. The van der Waals surface area contributed by atoms with Crippen LogP contribution in [0.1, 0.15) is 35.7 Å². The van der Waals surface area contributed by atoms with Crippen LogP contribution in [0.25, 0.3) is 5.69 Å². The average molecular weight is 335 g/mol. The minimum atomic E-state index is -0.316. The standard InChI is InChI=1S/C16H19ClN4O2/c1-10-18-15(16(23)19-13(8-9-22)11-6-7-11)20-21(10)14-5-3-2-4-12(14)17/h2-5,11,13,22H,6-9H2,1H3,(H,19,23). The Balaban J connectivity index is 1.80. The monoisotopic (exact) mass is 334 g/mol. The molecule has 3 rings (SSSR count). The van der Waals surface area contributed by atoms with Crippen molar-refractivity contribution in [3.8, 4) is 5.69 Å². The van der Waals surface area contributed by atoms with Crippen LogP contribution in [0.15, 0.2) is 24.3 Å². The average Bonchev–Trinajstić information content (AvgIpc) is 3.30. The maximum atomic E-state index is 12.4. The van der Waals surface area contributed by atoms with E-state index in [1.165, 1.54) is 0 Å². The molecule has 0 bridgehead atoms. The number of aryl methyl sites for hydroxylation is 1.